The number of hydrogen-bond acceptors (Lipinski definition) is 5. The Morgan fingerprint density at radius 3 is 2.31 bits per heavy atom. The zero-order valence-corrected chi connectivity index (χ0v) is 21.6. The number of sulfonamides is 1. The fourth-order valence-corrected chi connectivity index (χ4v) is 6.32. The van der Waals surface area contributed by atoms with E-state index in [1.54, 1.807) is 23.5 Å². The Kier molecular flexibility index (Phi) is 8.62. The third-order valence-electron chi connectivity index (χ3n) is 6.06. The van der Waals surface area contributed by atoms with Crippen molar-refractivity contribution in [3.63, 3.8) is 0 Å². The van der Waals surface area contributed by atoms with Crippen LogP contribution in [0.3, 0.4) is 0 Å². The predicted octanol–water partition coefficient (Wildman–Crippen LogP) is 6.37. The van der Waals surface area contributed by atoms with Gasteiger partial charge in [-0.15, -0.1) is 11.3 Å². The maximum Gasteiger partial charge on any atom is 0.416 e. The number of alkyl halides is 3. The second kappa shape index (κ2) is 11.5. The van der Waals surface area contributed by atoms with Gasteiger partial charge in [-0.3, -0.25) is 0 Å². The van der Waals surface area contributed by atoms with Gasteiger partial charge in [-0.05, 0) is 85.9 Å². The van der Waals surface area contributed by atoms with Crippen LogP contribution in [0.5, 0.6) is 5.75 Å². The summed E-state index contributed by atoms with van der Waals surface area (Å²) < 4.78 is 72.7. The van der Waals surface area contributed by atoms with Gasteiger partial charge in [0.05, 0.1) is 10.5 Å². The highest BCUT2D eigenvalue weighted by Crippen LogP contribution is 2.33. The van der Waals surface area contributed by atoms with Crippen LogP contribution in [0.15, 0.2) is 70.9 Å². The Balaban J connectivity index is 1.30. The molecule has 1 saturated heterocycles. The molecule has 1 aliphatic rings. The van der Waals surface area contributed by atoms with E-state index in [0.29, 0.717) is 30.0 Å². The van der Waals surface area contributed by atoms with Crippen molar-refractivity contribution in [1.29, 1.82) is 0 Å². The molecule has 0 spiro atoms. The molecule has 11 heteroatoms. The summed E-state index contributed by atoms with van der Waals surface area (Å²) in [6, 6.07) is 14.5. The highest BCUT2D eigenvalue weighted by atomic mass is 35.5. The maximum atomic E-state index is 12.9. The molecule has 4 rings (SSSR count). The largest absolute Gasteiger partial charge is 0.485 e. The Morgan fingerprint density at radius 2 is 1.72 bits per heavy atom. The fourth-order valence-electron chi connectivity index (χ4n) is 4.10. The molecule has 1 unspecified atom stereocenters. The molecule has 36 heavy (non-hydrogen) atoms. The van der Waals surface area contributed by atoms with Gasteiger partial charge in [-0.2, -0.15) is 13.2 Å². The van der Waals surface area contributed by atoms with Crippen molar-refractivity contribution in [3.05, 3.63) is 81.5 Å². The van der Waals surface area contributed by atoms with Gasteiger partial charge >= 0.3 is 6.18 Å². The Hall–Kier alpha value is -2.11. The van der Waals surface area contributed by atoms with Gasteiger partial charge in [0.15, 0.2) is 0 Å². The maximum absolute atomic E-state index is 12.9. The van der Waals surface area contributed by atoms with E-state index in [-0.39, 0.29) is 17.0 Å². The summed E-state index contributed by atoms with van der Waals surface area (Å²) in [6.07, 6.45) is -2.67. The Labute approximate surface area is 217 Å². The minimum atomic E-state index is -4.39. The van der Waals surface area contributed by atoms with E-state index in [4.69, 9.17) is 16.3 Å². The third kappa shape index (κ3) is 7.23. The average molecular weight is 559 g/mol. The van der Waals surface area contributed by atoms with Crippen LogP contribution in [0, 0.1) is 0 Å². The molecule has 0 bridgehead atoms. The minimum Gasteiger partial charge on any atom is -0.485 e. The summed E-state index contributed by atoms with van der Waals surface area (Å²) in [6.45, 7) is 2.18. The van der Waals surface area contributed by atoms with Gasteiger partial charge in [0.2, 0.25) is 10.0 Å². The fraction of sp³-hybridized carbons (Fsp3) is 0.360. The van der Waals surface area contributed by atoms with Crippen molar-refractivity contribution in [2.75, 3.05) is 19.6 Å². The number of nitrogens with one attached hydrogen (secondary N) is 1. The summed E-state index contributed by atoms with van der Waals surface area (Å²) >= 11 is 7.39. The van der Waals surface area contributed by atoms with Crippen LogP contribution in [0.4, 0.5) is 13.2 Å². The van der Waals surface area contributed by atoms with Crippen LogP contribution in [0.1, 0.15) is 35.8 Å². The van der Waals surface area contributed by atoms with Crippen LogP contribution in [0.25, 0.3) is 0 Å². The number of ether oxygens (including phenoxy) is 1. The van der Waals surface area contributed by atoms with E-state index >= 15 is 0 Å². The molecule has 5 nitrogen and oxygen atoms in total. The van der Waals surface area contributed by atoms with Crippen LogP contribution >= 0.6 is 22.9 Å². The summed E-state index contributed by atoms with van der Waals surface area (Å²) in [7, 11) is -3.61. The first-order valence-corrected chi connectivity index (χ1v) is 14.2. The lowest BCUT2D eigenvalue weighted by Gasteiger charge is -2.33. The first-order chi connectivity index (χ1) is 17.1. The second-order valence-corrected chi connectivity index (χ2v) is 11.8. The quantitative estimate of drug-likeness (QED) is 0.331. The molecule has 1 N–H and O–H groups in total. The van der Waals surface area contributed by atoms with Gasteiger partial charge in [0, 0.05) is 28.9 Å². The Bertz CT molecular complexity index is 1210. The van der Waals surface area contributed by atoms with E-state index in [2.05, 4.69) is 9.62 Å². The first kappa shape index (κ1) is 26.9. The van der Waals surface area contributed by atoms with E-state index in [0.717, 1.165) is 36.6 Å². The van der Waals surface area contributed by atoms with Gasteiger partial charge in [-0.25, -0.2) is 13.1 Å². The lowest BCUT2D eigenvalue weighted by Crippen LogP contribution is -2.45. The number of rotatable bonds is 9. The van der Waals surface area contributed by atoms with Crippen LogP contribution < -0.4 is 9.46 Å². The summed E-state index contributed by atoms with van der Waals surface area (Å²) in [5.74, 6) is 0.386. The van der Waals surface area contributed by atoms with Gasteiger partial charge < -0.3 is 9.64 Å². The first-order valence-electron chi connectivity index (χ1n) is 11.5. The molecule has 2 aromatic carbocycles. The molecule has 1 aliphatic heterocycles. The lowest BCUT2D eigenvalue weighted by atomic mass is 10.1. The average Bonchev–Trinajstić information content (AvgIpc) is 3.37. The molecule has 1 fully saturated rings. The molecule has 1 atom stereocenters. The number of piperidine rings is 1. The van der Waals surface area contributed by atoms with Gasteiger partial charge in [-0.1, -0.05) is 17.7 Å². The van der Waals surface area contributed by atoms with Crippen molar-refractivity contribution in [2.45, 2.75) is 42.5 Å². The zero-order chi connectivity index (χ0) is 25.8. The molecular formula is C25H26ClF3N2O3S2. The molecule has 0 radical (unpaired) electrons. The molecule has 0 aliphatic carbocycles. The second-order valence-electron chi connectivity index (χ2n) is 8.62. The number of halogens is 4. The van der Waals surface area contributed by atoms with Crippen molar-refractivity contribution in [2.24, 2.45) is 0 Å². The molecule has 1 aromatic heterocycles. The van der Waals surface area contributed by atoms with Gasteiger partial charge in [0.25, 0.3) is 0 Å². The highest BCUT2D eigenvalue weighted by Gasteiger charge is 2.30. The van der Waals surface area contributed by atoms with Crippen molar-refractivity contribution < 1.29 is 26.3 Å². The number of hydrogen-bond donors (Lipinski definition) is 1. The zero-order valence-electron chi connectivity index (χ0n) is 19.2. The van der Waals surface area contributed by atoms with Crippen LogP contribution in [-0.4, -0.2) is 39.0 Å². The third-order valence-corrected chi connectivity index (χ3v) is 8.81. The number of nitrogens with zero attached hydrogens (tertiary/aromatic N) is 1. The number of likely N-dealkylation sites (tertiary alicyclic amines) is 1. The molecular weight excluding hydrogens is 533 g/mol. The predicted molar refractivity (Wildman–Crippen MR) is 135 cm³/mol. The van der Waals surface area contributed by atoms with E-state index in [1.165, 1.54) is 24.3 Å². The van der Waals surface area contributed by atoms with Crippen molar-refractivity contribution in [1.82, 2.24) is 9.62 Å². The molecule has 0 saturated carbocycles. The monoisotopic (exact) mass is 558 g/mol. The van der Waals surface area contributed by atoms with Crippen LogP contribution in [-0.2, 0) is 16.2 Å². The smallest absolute Gasteiger partial charge is 0.416 e. The summed E-state index contributed by atoms with van der Waals surface area (Å²) in [5.41, 5.74) is -0.711. The SMILES string of the molecule is O=S(=O)(NC1CCN(CCC(Oc2ccc(C(F)(F)F)cc2)c2cccs2)CC1)c1ccc(Cl)cc1. The molecule has 3 aromatic rings. The summed E-state index contributed by atoms with van der Waals surface area (Å²) in [4.78, 5) is 3.44. The summed E-state index contributed by atoms with van der Waals surface area (Å²) in [5, 5.41) is 2.42. The molecule has 2 heterocycles. The lowest BCUT2D eigenvalue weighted by molar-refractivity contribution is -0.137. The number of thiophene rings is 1. The topological polar surface area (TPSA) is 58.6 Å². The van der Waals surface area contributed by atoms with Gasteiger partial charge in [0.1, 0.15) is 11.9 Å². The van der Waals surface area contributed by atoms with Crippen molar-refractivity contribution >= 4 is 33.0 Å². The van der Waals surface area contributed by atoms with Crippen LogP contribution in [0.2, 0.25) is 5.02 Å². The van der Waals surface area contributed by atoms with E-state index < -0.39 is 21.8 Å². The van der Waals surface area contributed by atoms with Crippen molar-refractivity contribution in [3.8, 4) is 5.75 Å². The van der Waals surface area contributed by atoms with E-state index in [1.807, 2.05) is 17.5 Å². The molecule has 0 amide bonds. The minimum absolute atomic E-state index is 0.154. The van der Waals surface area contributed by atoms with E-state index in [9.17, 15) is 21.6 Å². The highest BCUT2D eigenvalue weighted by molar-refractivity contribution is 7.89. The number of benzene rings is 2. The standard InChI is InChI=1S/C25H26ClF3N2O3S2/c26-19-5-9-22(10-6-19)36(32,33)30-20-11-14-31(15-12-20)16-13-23(24-2-1-17-35-24)34-21-7-3-18(4-8-21)25(27,28)29/h1-10,17,20,23,30H,11-16H2. The normalized spacial score (nSPS) is 16.7. The molecule has 194 valence electrons. The Morgan fingerprint density at radius 1 is 1.06 bits per heavy atom.